The number of carbonyl (C=O) groups excluding carboxylic acids is 4. The predicted octanol–water partition coefficient (Wildman–Crippen LogP) is 5.51. The highest BCUT2D eigenvalue weighted by molar-refractivity contribution is 6.42. The van der Waals surface area contributed by atoms with E-state index in [1.807, 2.05) is 32.9 Å². The Morgan fingerprint density at radius 1 is 0.922 bits per heavy atom. The maximum atomic E-state index is 14.2. The van der Waals surface area contributed by atoms with Gasteiger partial charge in [-0.2, -0.15) is 8.78 Å². The topological polar surface area (TPSA) is 122 Å². The second-order valence-corrected chi connectivity index (χ2v) is 14.5. The van der Waals surface area contributed by atoms with Gasteiger partial charge in [0, 0.05) is 24.7 Å². The zero-order chi connectivity index (χ0) is 37.8. The Morgan fingerprint density at radius 2 is 1.53 bits per heavy atom. The Morgan fingerprint density at radius 3 is 2.16 bits per heavy atom. The molecule has 1 aliphatic heterocycles. The van der Waals surface area contributed by atoms with Crippen LogP contribution in [0.4, 0.5) is 23.2 Å². The average Bonchev–Trinajstić information content (AvgIpc) is 3.05. The number of ketones is 1. The second kappa shape index (κ2) is 15.6. The summed E-state index contributed by atoms with van der Waals surface area (Å²) in [6.45, 7) is 9.56. The average molecular weight is 715 g/mol. The molecule has 13 heteroatoms. The quantitative estimate of drug-likeness (QED) is 0.116. The van der Waals surface area contributed by atoms with Gasteiger partial charge in [-0.1, -0.05) is 63.2 Å². The van der Waals surface area contributed by atoms with E-state index in [0.29, 0.717) is 16.8 Å². The minimum absolute atomic E-state index is 0.00575. The number of esters is 1. The van der Waals surface area contributed by atoms with E-state index in [9.17, 15) is 41.8 Å². The van der Waals surface area contributed by atoms with Crippen LogP contribution in [0.2, 0.25) is 0 Å². The van der Waals surface area contributed by atoms with E-state index in [-0.39, 0.29) is 30.9 Å². The highest BCUT2D eigenvalue weighted by Crippen LogP contribution is 2.32. The van der Waals surface area contributed by atoms with E-state index in [2.05, 4.69) is 5.32 Å². The van der Waals surface area contributed by atoms with Gasteiger partial charge in [-0.15, -0.1) is 0 Å². The first-order valence-corrected chi connectivity index (χ1v) is 16.4. The number of ether oxygens (including phenoxy) is 2. The number of para-hydroxylation sites is 1. The summed E-state index contributed by atoms with van der Waals surface area (Å²) in [6, 6.07) is 12.6. The summed E-state index contributed by atoms with van der Waals surface area (Å²) in [5.74, 6) is -12.6. The molecule has 0 aliphatic carbocycles. The minimum atomic E-state index is -1.84. The van der Waals surface area contributed by atoms with Crippen LogP contribution in [0.3, 0.4) is 0 Å². The summed E-state index contributed by atoms with van der Waals surface area (Å²) >= 11 is 0. The van der Waals surface area contributed by atoms with Crippen molar-refractivity contribution in [1.82, 2.24) is 5.32 Å². The molecule has 0 bridgehead atoms. The molecule has 0 spiro atoms. The zero-order valence-electron chi connectivity index (χ0n) is 29.3. The molecule has 2 N–H and O–H groups in total. The molecular weight excluding hydrogens is 672 g/mol. The van der Waals surface area contributed by atoms with Gasteiger partial charge in [-0.25, -0.2) is 8.78 Å². The van der Waals surface area contributed by atoms with Crippen LogP contribution in [0, 0.1) is 29.2 Å². The number of carbonyl (C=O) groups is 4. The van der Waals surface area contributed by atoms with E-state index >= 15 is 0 Å². The maximum Gasteiger partial charge on any atom is 0.308 e. The summed E-state index contributed by atoms with van der Waals surface area (Å²) in [4.78, 5) is 55.0. The number of nitrogens with zero attached hydrogens (tertiary/aromatic N) is 1. The Labute approximate surface area is 293 Å². The lowest BCUT2D eigenvalue weighted by Crippen LogP contribution is -2.53. The number of amides is 2. The molecule has 0 saturated heterocycles. The Hall–Kier alpha value is -4.78. The first kappa shape index (κ1) is 39.0. The van der Waals surface area contributed by atoms with Gasteiger partial charge in [0.25, 0.3) is 5.91 Å². The number of aliphatic hydroxyl groups excluding tert-OH is 1. The maximum absolute atomic E-state index is 14.2. The molecule has 274 valence electrons. The highest BCUT2D eigenvalue weighted by Gasteiger charge is 2.37. The number of nitrogens with one attached hydrogen (secondary N) is 1. The zero-order valence-corrected chi connectivity index (χ0v) is 29.3. The van der Waals surface area contributed by atoms with Gasteiger partial charge in [0.1, 0.15) is 18.3 Å². The number of hydrogen-bond donors (Lipinski definition) is 2. The number of rotatable bonds is 11. The van der Waals surface area contributed by atoms with Crippen LogP contribution in [0.15, 0.2) is 54.6 Å². The Bertz CT molecular complexity index is 1780. The predicted molar refractivity (Wildman–Crippen MR) is 180 cm³/mol. The van der Waals surface area contributed by atoms with Crippen molar-refractivity contribution in [2.45, 2.75) is 84.0 Å². The standard InChI is InChI=1S/C38H42F4N2O7/c1-37(2,3)24-13-9-7-11-21(24)16-29(45)36(49)44-19-23(15-22-12-8-10-14-28(22)44)35(48)43-27(18-31(47)51-38(4,5)6)30(46)20-50-34-32(41)25(39)17-26(40)33(34)42/h7-14,17,23,27,30,46H,15-16,18-20H2,1-6H3,(H,43,48)/t23?,27-,30?/m0/s1. The fourth-order valence-electron chi connectivity index (χ4n) is 5.88. The summed E-state index contributed by atoms with van der Waals surface area (Å²) in [5, 5.41) is 13.5. The number of benzene rings is 3. The van der Waals surface area contributed by atoms with Gasteiger partial charge < -0.3 is 24.8 Å². The van der Waals surface area contributed by atoms with Crippen molar-refractivity contribution in [3.05, 3.63) is 94.6 Å². The molecule has 1 aliphatic rings. The van der Waals surface area contributed by atoms with Crippen LogP contribution in [-0.2, 0) is 42.2 Å². The molecule has 4 rings (SSSR count). The number of halogens is 4. The molecule has 0 saturated carbocycles. The molecule has 51 heavy (non-hydrogen) atoms. The van der Waals surface area contributed by atoms with Crippen molar-refractivity contribution in [3.8, 4) is 5.75 Å². The van der Waals surface area contributed by atoms with Crippen LogP contribution in [0.1, 0.15) is 64.7 Å². The summed E-state index contributed by atoms with van der Waals surface area (Å²) in [5.41, 5.74) is 1.41. The molecule has 0 radical (unpaired) electrons. The van der Waals surface area contributed by atoms with Crippen LogP contribution < -0.4 is 15.0 Å². The van der Waals surface area contributed by atoms with Crippen molar-refractivity contribution in [1.29, 1.82) is 0 Å². The van der Waals surface area contributed by atoms with E-state index in [4.69, 9.17) is 9.47 Å². The summed E-state index contributed by atoms with van der Waals surface area (Å²) < 4.78 is 66.2. The van der Waals surface area contributed by atoms with Gasteiger partial charge in [-0.3, -0.25) is 19.2 Å². The van der Waals surface area contributed by atoms with E-state index in [1.54, 1.807) is 57.2 Å². The monoisotopic (exact) mass is 714 g/mol. The first-order valence-electron chi connectivity index (χ1n) is 16.4. The van der Waals surface area contributed by atoms with Gasteiger partial charge in [-0.05, 0) is 55.4 Å². The van der Waals surface area contributed by atoms with Gasteiger partial charge in [0.15, 0.2) is 17.4 Å². The molecule has 3 aromatic rings. The van der Waals surface area contributed by atoms with Crippen LogP contribution in [-0.4, -0.2) is 59.6 Å². The number of fused-ring (bicyclic) bond motifs is 1. The fraction of sp³-hybridized carbons (Fsp3) is 0.421. The number of anilines is 1. The third-order valence-corrected chi connectivity index (χ3v) is 8.25. The van der Waals surface area contributed by atoms with Gasteiger partial charge >= 0.3 is 5.97 Å². The largest absolute Gasteiger partial charge is 0.485 e. The van der Waals surface area contributed by atoms with Crippen molar-refractivity contribution in [2.24, 2.45) is 5.92 Å². The first-order chi connectivity index (χ1) is 23.8. The molecule has 9 nitrogen and oxygen atoms in total. The third kappa shape index (κ3) is 9.72. The van der Waals surface area contributed by atoms with E-state index in [0.717, 1.165) is 5.56 Å². The van der Waals surface area contributed by atoms with E-state index in [1.165, 1.54) is 4.90 Å². The second-order valence-electron chi connectivity index (χ2n) is 14.5. The Kier molecular flexibility index (Phi) is 12.0. The number of Topliss-reactive ketones (excluding diaryl/α,β-unsaturated/α-hetero) is 1. The lowest BCUT2D eigenvalue weighted by molar-refractivity contribution is -0.156. The smallest absolute Gasteiger partial charge is 0.308 e. The lowest BCUT2D eigenvalue weighted by Gasteiger charge is -2.35. The van der Waals surface area contributed by atoms with Gasteiger partial charge in [0.2, 0.25) is 23.3 Å². The van der Waals surface area contributed by atoms with E-state index < -0.39 is 89.3 Å². The fourth-order valence-corrected chi connectivity index (χ4v) is 5.88. The third-order valence-electron chi connectivity index (χ3n) is 8.25. The molecule has 2 amide bonds. The van der Waals surface area contributed by atoms with Crippen LogP contribution in [0.25, 0.3) is 0 Å². The molecular formula is C38H42F4N2O7. The normalized spacial score (nSPS) is 15.7. The minimum Gasteiger partial charge on any atom is -0.485 e. The summed E-state index contributed by atoms with van der Waals surface area (Å²) in [7, 11) is 0. The number of hydrogen-bond acceptors (Lipinski definition) is 7. The van der Waals surface area contributed by atoms with Crippen LogP contribution >= 0.6 is 0 Å². The van der Waals surface area contributed by atoms with Gasteiger partial charge in [0.05, 0.1) is 18.4 Å². The molecule has 3 atom stereocenters. The van der Waals surface area contributed by atoms with Crippen LogP contribution in [0.5, 0.6) is 5.75 Å². The van der Waals surface area contributed by atoms with Crippen molar-refractivity contribution < 1.29 is 51.3 Å². The van der Waals surface area contributed by atoms with Crippen molar-refractivity contribution in [2.75, 3.05) is 18.1 Å². The SMILES string of the molecule is CC(C)(C)OC(=O)C[C@H](NC(=O)C1Cc2ccccc2N(C(=O)C(=O)Cc2ccccc2C(C)(C)C)C1)C(O)COc1c(F)c(F)cc(F)c1F. The van der Waals surface area contributed by atoms with Crippen molar-refractivity contribution in [3.63, 3.8) is 0 Å². The molecule has 3 aromatic carbocycles. The summed E-state index contributed by atoms with van der Waals surface area (Å²) in [6.07, 6.45) is -2.52. The molecule has 2 unspecified atom stereocenters. The number of aliphatic hydroxyl groups is 1. The Balaban J connectivity index is 1.56. The molecule has 0 fully saturated rings. The molecule has 1 heterocycles. The van der Waals surface area contributed by atoms with Crippen molar-refractivity contribution >= 4 is 29.3 Å². The highest BCUT2D eigenvalue weighted by atomic mass is 19.2. The lowest BCUT2D eigenvalue weighted by atomic mass is 9.82. The molecule has 0 aromatic heterocycles.